The van der Waals surface area contributed by atoms with Gasteiger partial charge >= 0.3 is 0 Å². The smallest absolute Gasteiger partial charge is 0.272 e. The molecule has 0 radical (unpaired) electrons. The third kappa shape index (κ3) is 3.02. The Balaban J connectivity index is 2.02. The molecule has 4 aromatic rings. The minimum Gasteiger partial charge on any atom is -0.508 e. The van der Waals surface area contributed by atoms with Crippen molar-refractivity contribution in [3.05, 3.63) is 64.4 Å². The zero-order valence-electron chi connectivity index (χ0n) is 16.4. The monoisotopic (exact) mass is 390 g/mol. The van der Waals surface area contributed by atoms with E-state index in [1.165, 1.54) is 6.07 Å². The Morgan fingerprint density at radius 2 is 1.62 bits per heavy atom. The summed E-state index contributed by atoms with van der Waals surface area (Å²) in [5, 5.41) is 28.0. The summed E-state index contributed by atoms with van der Waals surface area (Å²) in [5.41, 5.74) is 2.43. The summed E-state index contributed by atoms with van der Waals surface area (Å²) < 4.78 is 5.46. The van der Waals surface area contributed by atoms with Gasteiger partial charge in [0.1, 0.15) is 17.2 Å². The van der Waals surface area contributed by atoms with Gasteiger partial charge in [-0.3, -0.25) is 15.0 Å². The molecule has 4 rings (SSSR count). The summed E-state index contributed by atoms with van der Waals surface area (Å²) in [4.78, 5) is 12.8. The maximum absolute atomic E-state index is 12.8. The molecule has 0 atom stereocenters. The number of methoxy groups -OCH3 is 1. The van der Waals surface area contributed by atoms with Crippen LogP contribution >= 0.6 is 0 Å². The Hall–Kier alpha value is -3.67. The minimum absolute atomic E-state index is 0.0237. The first-order valence-electron chi connectivity index (χ1n) is 9.35. The van der Waals surface area contributed by atoms with Crippen LogP contribution in [-0.4, -0.2) is 27.5 Å². The first kappa shape index (κ1) is 18.7. The highest BCUT2D eigenvalue weighted by molar-refractivity contribution is 6.02. The summed E-state index contributed by atoms with van der Waals surface area (Å²) in [6, 6.07) is 14.4. The van der Waals surface area contributed by atoms with Crippen LogP contribution in [0.25, 0.3) is 33.2 Å². The van der Waals surface area contributed by atoms with E-state index in [0.717, 1.165) is 16.3 Å². The van der Waals surface area contributed by atoms with E-state index in [2.05, 4.69) is 10.2 Å². The molecule has 3 aromatic carbocycles. The Labute approximate surface area is 167 Å². The Morgan fingerprint density at radius 3 is 2.34 bits per heavy atom. The van der Waals surface area contributed by atoms with E-state index in [0.29, 0.717) is 28.1 Å². The second-order valence-corrected chi connectivity index (χ2v) is 7.27. The number of H-pyrrole nitrogens is 2. The highest BCUT2D eigenvalue weighted by Crippen LogP contribution is 2.41. The maximum atomic E-state index is 12.8. The third-order valence-corrected chi connectivity index (χ3v) is 5.19. The number of aromatic hydroxyl groups is 2. The van der Waals surface area contributed by atoms with Crippen LogP contribution in [0.4, 0.5) is 0 Å². The predicted molar refractivity (Wildman–Crippen MR) is 114 cm³/mol. The number of rotatable bonds is 4. The Kier molecular flexibility index (Phi) is 4.54. The molecule has 6 nitrogen and oxygen atoms in total. The van der Waals surface area contributed by atoms with Crippen molar-refractivity contribution in [1.82, 2.24) is 10.2 Å². The molecule has 1 heterocycles. The van der Waals surface area contributed by atoms with Crippen LogP contribution in [0.15, 0.2) is 53.3 Å². The summed E-state index contributed by atoms with van der Waals surface area (Å²) in [6.07, 6.45) is 0. The summed E-state index contributed by atoms with van der Waals surface area (Å²) in [5.74, 6) is 0.675. The molecule has 0 bridgehead atoms. The highest BCUT2D eigenvalue weighted by Gasteiger charge is 2.21. The lowest BCUT2D eigenvalue weighted by atomic mass is 9.93. The van der Waals surface area contributed by atoms with Crippen molar-refractivity contribution in [2.24, 2.45) is 0 Å². The molecule has 0 saturated heterocycles. The fourth-order valence-corrected chi connectivity index (χ4v) is 3.75. The molecule has 1 aromatic heterocycles. The first-order valence-corrected chi connectivity index (χ1v) is 9.35. The van der Waals surface area contributed by atoms with Gasteiger partial charge in [-0.05, 0) is 34.6 Å². The average molecular weight is 390 g/mol. The van der Waals surface area contributed by atoms with Crippen LogP contribution in [0.2, 0.25) is 0 Å². The lowest BCUT2D eigenvalue weighted by molar-refractivity contribution is 0.420. The molecule has 6 heteroatoms. The van der Waals surface area contributed by atoms with Crippen molar-refractivity contribution >= 4 is 10.8 Å². The zero-order valence-corrected chi connectivity index (χ0v) is 16.4. The molecule has 29 heavy (non-hydrogen) atoms. The van der Waals surface area contributed by atoms with Gasteiger partial charge in [0.15, 0.2) is 0 Å². The van der Waals surface area contributed by atoms with Crippen LogP contribution in [0.1, 0.15) is 25.3 Å². The van der Waals surface area contributed by atoms with Crippen LogP contribution < -0.4 is 10.3 Å². The van der Waals surface area contributed by atoms with Crippen molar-refractivity contribution in [3.8, 4) is 39.6 Å². The van der Waals surface area contributed by atoms with Gasteiger partial charge in [-0.15, -0.1) is 0 Å². The number of phenolic OH excluding ortho intramolecular Hbond substituents is 2. The number of hydrogen-bond donors (Lipinski definition) is 4. The molecule has 0 aliphatic rings. The number of nitrogens with one attached hydrogen (secondary N) is 2. The van der Waals surface area contributed by atoms with E-state index >= 15 is 0 Å². The lowest BCUT2D eigenvalue weighted by Crippen LogP contribution is -2.02. The lowest BCUT2D eigenvalue weighted by Gasteiger charge is -2.14. The quantitative estimate of drug-likeness (QED) is 0.405. The molecule has 0 saturated carbocycles. The number of ether oxygens (including phenoxy) is 1. The van der Waals surface area contributed by atoms with Crippen molar-refractivity contribution < 1.29 is 14.9 Å². The second kappa shape index (κ2) is 7.05. The van der Waals surface area contributed by atoms with Crippen molar-refractivity contribution in [2.75, 3.05) is 7.11 Å². The van der Waals surface area contributed by atoms with Gasteiger partial charge < -0.3 is 14.9 Å². The van der Waals surface area contributed by atoms with Crippen molar-refractivity contribution in [1.29, 1.82) is 0 Å². The van der Waals surface area contributed by atoms with Crippen molar-refractivity contribution in [3.63, 3.8) is 0 Å². The molecular weight excluding hydrogens is 368 g/mol. The SMILES string of the molecule is COc1cccc2c(-c3c(-c4cc(C(C)C)c(O)cc4O)[nH][nH]c3=O)cccc12. The number of aromatic amines is 2. The Morgan fingerprint density at radius 1 is 0.897 bits per heavy atom. The fraction of sp³-hybridized carbons (Fsp3) is 0.174. The van der Waals surface area contributed by atoms with Gasteiger partial charge in [-0.25, -0.2) is 0 Å². The van der Waals surface area contributed by atoms with Crippen LogP contribution in [0.3, 0.4) is 0 Å². The second-order valence-electron chi connectivity index (χ2n) is 7.27. The number of phenols is 2. The molecule has 0 fully saturated rings. The van der Waals surface area contributed by atoms with Gasteiger partial charge in [0.05, 0.1) is 18.4 Å². The van der Waals surface area contributed by atoms with Gasteiger partial charge in [0, 0.05) is 17.0 Å². The molecule has 4 N–H and O–H groups in total. The zero-order chi connectivity index (χ0) is 20.7. The molecule has 0 aliphatic heterocycles. The molecule has 0 amide bonds. The fourth-order valence-electron chi connectivity index (χ4n) is 3.75. The van der Waals surface area contributed by atoms with E-state index in [9.17, 15) is 15.0 Å². The van der Waals surface area contributed by atoms with Crippen LogP contribution in [-0.2, 0) is 0 Å². The van der Waals surface area contributed by atoms with Crippen LogP contribution in [0, 0.1) is 0 Å². The predicted octanol–water partition coefficient (Wildman–Crippen LogP) is 4.73. The number of benzene rings is 3. The van der Waals surface area contributed by atoms with Gasteiger partial charge in [0.2, 0.25) is 0 Å². The first-order chi connectivity index (χ1) is 13.9. The van der Waals surface area contributed by atoms with E-state index in [1.807, 2.05) is 50.2 Å². The number of fused-ring (bicyclic) bond motifs is 1. The standard InChI is InChI=1S/C23H22N2O4/c1-12(2)16-10-17(19(27)11-18(16)26)22-21(23(28)25-24-22)15-8-4-7-14-13(15)6-5-9-20(14)29-3/h4-12,26-27H,1-3H3,(H2,24,25,28). The van der Waals surface area contributed by atoms with Crippen molar-refractivity contribution in [2.45, 2.75) is 19.8 Å². The Bertz CT molecular complexity index is 1270. The number of hydrogen-bond acceptors (Lipinski definition) is 4. The van der Waals surface area contributed by atoms with Gasteiger partial charge in [-0.2, -0.15) is 0 Å². The maximum Gasteiger partial charge on any atom is 0.272 e. The largest absolute Gasteiger partial charge is 0.508 e. The normalized spacial score (nSPS) is 11.3. The number of aromatic nitrogens is 2. The van der Waals surface area contributed by atoms with Gasteiger partial charge in [0.25, 0.3) is 5.56 Å². The van der Waals surface area contributed by atoms with Gasteiger partial charge in [-0.1, -0.05) is 44.2 Å². The molecular formula is C23H22N2O4. The third-order valence-electron chi connectivity index (χ3n) is 5.19. The highest BCUT2D eigenvalue weighted by atomic mass is 16.5. The topological polar surface area (TPSA) is 98.3 Å². The molecule has 148 valence electrons. The molecule has 0 spiro atoms. The summed E-state index contributed by atoms with van der Waals surface area (Å²) >= 11 is 0. The average Bonchev–Trinajstić information content (AvgIpc) is 3.07. The van der Waals surface area contributed by atoms with E-state index in [4.69, 9.17) is 4.74 Å². The molecule has 0 aliphatic carbocycles. The van der Waals surface area contributed by atoms with E-state index in [1.54, 1.807) is 13.2 Å². The van der Waals surface area contributed by atoms with Crippen LogP contribution in [0.5, 0.6) is 17.2 Å². The summed E-state index contributed by atoms with van der Waals surface area (Å²) in [7, 11) is 1.61. The van der Waals surface area contributed by atoms with E-state index in [-0.39, 0.29) is 23.0 Å². The van der Waals surface area contributed by atoms with E-state index < -0.39 is 0 Å². The summed E-state index contributed by atoms with van der Waals surface area (Å²) in [6.45, 7) is 3.90. The minimum atomic E-state index is -0.297. The molecule has 0 unspecified atom stereocenters.